The van der Waals surface area contributed by atoms with Gasteiger partial charge in [0.05, 0.1) is 5.52 Å². The molecule has 1 unspecified atom stereocenters. The third-order valence-corrected chi connectivity index (χ3v) is 3.82. The first-order chi connectivity index (χ1) is 8.16. The van der Waals surface area contributed by atoms with E-state index in [1.807, 2.05) is 12.3 Å². The summed E-state index contributed by atoms with van der Waals surface area (Å²) >= 11 is 6.27. The van der Waals surface area contributed by atoms with Crippen LogP contribution in [0.25, 0.3) is 10.9 Å². The van der Waals surface area contributed by atoms with Crippen LogP contribution in [0, 0.1) is 5.92 Å². The van der Waals surface area contributed by atoms with Crippen LogP contribution >= 0.6 is 11.6 Å². The van der Waals surface area contributed by atoms with Crippen LogP contribution in [-0.2, 0) is 6.42 Å². The highest BCUT2D eigenvalue weighted by molar-refractivity contribution is 6.20. The zero-order valence-corrected chi connectivity index (χ0v) is 11.1. The van der Waals surface area contributed by atoms with Crippen LogP contribution in [0.2, 0.25) is 0 Å². The first-order valence-corrected chi connectivity index (χ1v) is 6.58. The number of hydrogen-bond donors (Lipinski definition) is 0. The maximum Gasteiger partial charge on any atom is 0.0702 e. The molecular weight excluding hydrogens is 230 g/mol. The average molecular weight is 248 g/mol. The lowest BCUT2D eigenvalue weighted by molar-refractivity contribution is 0.565. The zero-order valence-electron chi connectivity index (χ0n) is 10.4. The lowest BCUT2D eigenvalue weighted by Crippen LogP contribution is -2.08. The maximum atomic E-state index is 6.27. The third kappa shape index (κ3) is 3.19. The largest absolute Gasteiger partial charge is 0.256 e. The molecule has 1 aromatic heterocycles. The summed E-state index contributed by atoms with van der Waals surface area (Å²) in [6, 6.07) is 10.5. The number of fused-ring (bicyclic) bond motifs is 1. The number of halogens is 1. The van der Waals surface area contributed by atoms with Crippen LogP contribution in [0.15, 0.2) is 36.5 Å². The van der Waals surface area contributed by atoms with E-state index in [0.29, 0.717) is 5.92 Å². The van der Waals surface area contributed by atoms with Crippen molar-refractivity contribution in [3.63, 3.8) is 0 Å². The summed E-state index contributed by atoms with van der Waals surface area (Å²) in [6.07, 6.45) is 3.90. The number of aromatic nitrogens is 1. The Balaban J connectivity index is 2.09. The molecule has 0 aliphatic heterocycles. The minimum atomic E-state index is 0.264. The first-order valence-electron chi connectivity index (χ1n) is 6.14. The predicted molar refractivity (Wildman–Crippen MR) is 74.5 cm³/mol. The molecule has 2 aromatic rings. The Labute approximate surface area is 108 Å². The van der Waals surface area contributed by atoms with Gasteiger partial charge >= 0.3 is 0 Å². The summed E-state index contributed by atoms with van der Waals surface area (Å²) in [6.45, 7) is 4.34. The van der Waals surface area contributed by atoms with Crippen molar-refractivity contribution in [3.05, 3.63) is 42.1 Å². The SMILES string of the molecule is CC(C)C(Cl)CCc1ccc2ncccc2c1. The summed E-state index contributed by atoms with van der Waals surface area (Å²) in [5.74, 6) is 0.541. The Morgan fingerprint density at radius 2 is 2.06 bits per heavy atom. The molecule has 0 aliphatic rings. The van der Waals surface area contributed by atoms with E-state index < -0.39 is 0 Å². The van der Waals surface area contributed by atoms with E-state index in [1.54, 1.807) is 0 Å². The number of alkyl halides is 1. The summed E-state index contributed by atoms with van der Waals surface area (Å²) in [7, 11) is 0. The topological polar surface area (TPSA) is 12.9 Å². The Morgan fingerprint density at radius 3 is 2.82 bits per heavy atom. The van der Waals surface area contributed by atoms with Crippen molar-refractivity contribution in [2.75, 3.05) is 0 Å². The van der Waals surface area contributed by atoms with E-state index in [-0.39, 0.29) is 5.38 Å². The van der Waals surface area contributed by atoms with Crippen molar-refractivity contribution < 1.29 is 0 Å². The minimum absolute atomic E-state index is 0.264. The van der Waals surface area contributed by atoms with Crippen molar-refractivity contribution in [1.82, 2.24) is 4.98 Å². The molecule has 0 saturated carbocycles. The molecule has 17 heavy (non-hydrogen) atoms. The number of benzene rings is 1. The number of pyridine rings is 1. The fourth-order valence-electron chi connectivity index (χ4n) is 1.92. The molecule has 2 rings (SSSR count). The maximum absolute atomic E-state index is 6.27. The molecule has 2 heteroatoms. The van der Waals surface area contributed by atoms with Gasteiger partial charge in [-0.2, -0.15) is 0 Å². The van der Waals surface area contributed by atoms with Gasteiger partial charge in [-0.3, -0.25) is 4.98 Å². The molecule has 0 saturated heterocycles. The van der Waals surface area contributed by atoms with Gasteiger partial charge in [-0.15, -0.1) is 11.6 Å². The van der Waals surface area contributed by atoms with Gasteiger partial charge in [-0.25, -0.2) is 0 Å². The van der Waals surface area contributed by atoms with E-state index >= 15 is 0 Å². The van der Waals surface area contributed by atoms with Crippen molar-refractivity contribution in [2.24, 2.45) is 5.92 Å². The fraction of sp³-hybridized carbons (Fsp3) is 0.400. The van der Waals surface area contributed by atoms with Gasteiger partial charge in [0.25, 0.3) is 0 Å². The standard InChI is InChI=1S/C15H18ClN/c1-11(2)14(16)7-5-12-6-8-15-13(10-12)4-3-9-17-15/h3-4,6,8-11,14H,5,7H2,1-2H3. The van der Waals surface area contributed by atoms with Crippen LogP contribution in [0.3, 0.4) is 0 Å². The van der Waals surface area contributed by atoms with Crippen molar-refractivity contribution >= 4 is 22.5 Å². The summed E-state index contributed by atoms with van der Waals surface area (Å²) in [4.78, 5) is 4.32. The van der Waals surface area contributed by atoms with E-state index in [0.717, 1.165) is 18.4 Å². The van der Waals surface area contributed by atoms with Crippen LogP contribution in [0.5, 0.6) is 0 Å². The molecule has 0 bridgehead atoms. The Bertz CT molecular complexity index is 493. The van der Waals surface area contributed by atoms with Gasteiger partial charge in [-0.1, -0.05) is 26.0 Å². The molecule has 1 atom stereocenters. The van der Waals surface area contributed by atoms with Crippen molar-refractivity contribution in [2.45, 2.75) is 32.1 Å². The highest BCUT2D eigenvalue weighted by Crippen LogP contribution is 2.19. The predicted octanol–water partition coefficient (Wildman–Crippen LogP) is 4.43. The Morgan fingerprint density at radius 1 is 1.24 bits per heavy atom. The fourth-order valence-corrected chi connectivity index (χ4v) is 2.03. The quantitative estimate of drug-likeness (QED) is 0.729. The molecular formula is C15H18ClN. The summed E-state index contributed by atoms with van der Waals surface area (Å²) < 4.78 is 0. The van der Waals surface area contributed by atoms with Gasteiger partial charge in [-0.05, 0) is 42.5 Å². The normalized spacial score (nSPS) is 13.2. The van der Waals surface area contributed by atoms with E-state index in [9.17, 15) is 0 Å². The minimum Gasteiger partial charge on any atom is -0.256 e. The van der Waals surface area contributed by atoms with E-state index in [2.05, 4.69) is 43.1 Å². The van der Waals surface area contributed by atoms with Crippen LogP contribution in [0.1, 0.15) is 25.8 Å². The molecule has 0 aliphatic carbocycles. The Kier molecular flexibility index (Phi) is 4.01. The number of nitrogens with zero attached hydrogens (tertiary/aromatic N) is 1. The highest BCUT2D eigenvalue weighted by Gasteiger charge is 2.09. The molecule has 0 amide bonds. The molecule has 90 valence electrons. The van der Waals surface area contributed by atoms with Crippen molar-refractivity contribution in [3.8, 4) is 0 Å². The molecule has 1 nitrogen and oxygen atoms in total. The summed E-state index contributed by atoms with van der Waals surface area (Å²) in [5.41, 5.74) is 2.40. The second-order valence-corrected chi connectivity index (χ2v) is 5.39. The molecule has 0 spiro atoms. The van der Waals surface area contributed by atoms with E-state index in [4.69, 9.17) is 11.6 Å². The van der Waals surface area contributed by atoms with E-state index in [1.165, 1.54) is 10.9 Å². The molecule has 0 radical (unpaired) electrons. The third-order valence-electron chi connectivity index (χ3n) is 3.10. The van der Waals surface area contributed by atoms with Gasteiger partial charge in [0.1, 0.15) is 0 Å². The molecule has 0 N–H and O–H groups in total. The lowest BCUT2D eigenvalue weighted by Gasteiger charge is -2.13. The van der Waals surface area contributed by atoms with Gasteiger partial charge in [0.2, 0.25) is 0 Å². The number of hydrogen-bond acceptors (Lipinski definition) is 1. The first kappa shape index (κ1) is 12.4. The second-order valence-electron chi connectivity index (χ2n) is 4.83. The second kappa shape index (κ2) is 5.50. The number of aryl methyl sites for hydroxylation is 1. The lowest BCUT2D eigenvalue weighted by atomic mass is 10.0. The Hall–Kier alpha value is -1.08. The van der Waals surface area contributed by atoms with Gasteiger partial charge in [0.15, 0.2) is 0 Å². The highest BCUT2D eigenvalue weighted by atomic mass is 35.5. The average Bonchev–Trinajstić information content (AvgIpc) is 2.35. The van der Waals surface area contributed by atoms with Crippen LogP contribution < -0.4 is 0 Å². The van der Waals surface area contributed by atoms with Gasteiger partial charge < -0.3 is 0 Å². The monoisotopic (exact) mass is 247 g/mol. The van der Waals surface area contributed by atoms with Crippen LogP contribution in [0.4, 0.5) is 0 Å². The molecule has 1 heterocycles. The summed E-state index contributed by atoms with van der Waals surface area (Å²) in [5, 5.41) is 1.47. The van der Waals surface area contributed by atoms with Crippen LogP contribution in [-0.4, -0.2) is 10.4 Å². The van der Waals surface area contributed by atoms with Crippen molar-refractivity contribution in [1.29, 1.82) is 0 Å². The molecule has 0 fully saturated rings. The van der Waals surface area contributed by atoms with Gasteiger partial charge in [0, 0.05) is 17.0 Å². The number of rotatable bonds is 4. The molecule has 1 aromatic carbocycles. The smallest absolute Gasteiger partial charge is 0.0702 e. The zero-order chi connectivity index (χ0) is 12.3.